The molecule has 3 aromatic rings. The molecule has 0 saturated heterocycles. The van der Waals surface area contributed by atoms with Gasteiger partial charge in [0.25, 0.3) is 0 Å². The molecule has 0 amide bonds. The van der Waals surface area contributed by atoms with Crippen LogP contribution in [0.5, 0.6) is 17.4 Å². The van der Waals surface area contributed by atoms with Gasteiger partial charge in [0.2, 0.25) is 5.88 Å². The summed E-state index contributed by atoms with van der Waals surface area (Å²) in [4.78, 5) is 3.41. The summed E-state index contributed by atoms with van der Waals surface area (Å²) >= 11 is 0. The second-order valence-electron chi connectivity index (χ2n) is 5.63. The quantitative estimate of drug-likeness (QED) is 0.564. The van der Waals surface area contributed by atoms with Crippen molar-refractivity contribution in [2.24, 2.45) is 0 Å². The molecule has 0 aliphatic carbocycles. The van der Waals surface area contributed by atoms with E-state index in [9.17, 15) is 21.6 Å². The zero-order valence-electron chi connectivity index (χ0n) is 14.4. The maximum absolute atomic E-state index is 12.5. The molecular weight excluding hydrogens is 409 g/mol. The van der Waals surface area contributed by atoms with Gasteiger partial charge in [-0.05, 0) is 48.5 Å². The summed E-state index contributed by atoms with van der Waals surface area (Å²) in [5.74, 6) is 0.140. The Bertz CT molecular complexity index is 1150. The van der Waals surface area contributed by atoms with Crippen molar-refractivity contribution in [2.75, 3.05) is 0 Å². The fraction of sp³-hybridized carbons (Fsp3) is 0.0526. The number of hydrogen-bond acceptors (Lipinski definition) is 6. The molecule has 1 heterocycles. The number of pyridine rings is 1. The highest BCUT2D eigenvalue weighted by Gasteiger charge is 2.30. The molecule has 0 aliphatic rings. The van der Waals surface area contributed by atoms with E-state index in [1.165, 1.54) is 48.5 Å². The maximum Gasteiger partial charge on any atom is 0.417 e. The fourth-order valence-corrected chi connectivity index (χ4v) is 3.17. The average molecular weight is 420 g/mol. The minimum Gasteiger partial charge on any atom is -0.439 e. The first-order valence-electron chi connectivity index (χ1n) is 7.93. The Morgan fingerprint density at radius 3 is 2.24 bits per heavy atom. The SMILES string of the molecule is N#Cc1cccc(S(=O)(=O)Oc2ccc(Oc3ccc(C(F)(F)F)cn3)cc2)c1. The normalized spacial score (nSPS) is 11.5. The largest absolute Gasteiger partial charge is 0.439 e. The van der Waals surface area contributed by atoms with Crippen molar-refractivity contribution in [2.45, 2.75) is 11.1 Å². The summed E-state index contributed by atoms with van der Waals surface area (Å²) in [6.45, 7) is 0. The standard InChI is InChI=1S/C19H11F3N2O4S/c20-19(21,22)14-4-9-18(24-12-14)27-15-5-7-16(8-6-15)28-29(25,26)17-3-1-2-13(10-17)11-23/h1-10,12H. The first-order chi connectivity index (χ1) is 13.7. The van der Waals surface area contributed by atoms with Gasteiger partial charge < -0.3 is 8.92 Å². The molecule has 0 bridgehead atoms. The highest BCUT2D eigenvalue weighted by Crippen LogP contribution is 2.30. The molecule has 0 atom stereocenters. The number of rotatable bonds is 5. The van der Waals surface area contributed by atoms with Gasteiger partial charge >= 0.3 is 16.3 Å². The molecule has 0 aliphatic heterocycles. The highest BCUT2D eigenvalue weighted by molar-refractivity contribution is 7.87. The fourth-order valence-electron chi connectivity index (χ4n) is 2.19. The van der Waals surface area contributed by atoms with Gasteiger partial charge in [-0.2, -0.15) is 26.9 Å². The van der Waals surface area contributed by atoms with Crippen LogP contribution in [0.3, 0.4) is 0 Å². The van der Waals surface area contributed by atoms with Crippen LogP contribution in [0.1, 0.15) is 11.1 Å². The van der Waals surface area contributed by atoms with Gasteiger partial charge in [0, 0.05) is 12.3 Å². The van der Waals surface area contributed by atoms with Crippen LogP contribution in [-0.2, 0) is 16.3 Å². The van der Waals surface area contributed by atoms with Crippen molar-refractivity contribution in [3.05, 3.63) is 78.0 Å². The van der Waals surface area contributed by atoms with E-state index >= 15 is 0 Å². The lowest BCUT2D eigenvalue weighted by molar-refractivity contribution is -0.137. The van der Waals surface area contributed by atoms with Crippen LogP contribution < -0.4 is 8.92 Å². The van der Waals surface area contributed by atoms with Gasteiger partial charge in [-0.1, -0.05) is 6.07 Å². The molecule has 29 heavy (non-hydrogen) atoms. The van der Waals surface area contributed by atoms with E-state index in [4.69, 9.17) is 14.2 Å². The van der Waals surface area contributed by atoms with Crippen LogP contribution in [0.15, 0.2) is 71.8 Å². The predicted octanol–water partition coefficient (Wildman–Crippen LogP) is 4.53. The Hall–Kier alpha value is -3.58. The first-order valence-corrected chi connectivity index (χ1v) is 9.34. The molecule has 1 aromatic heterocycles. The molecule has 0 spiro atoms. The number of alkyl halides is 3. The lowest BCUT2D eigenvalue weighted by atomic mass is 10.2. The second-order valence-corrected chi connectivity index (χ2v) is 7.18. The van der Waals surface area contributed by atoms with Gasteiger partial charge in [0.15, 0.2) is 0 Å². The number of nitrogens with zero attached hydrogens (tertiary/aromatic N) is 2. The maximum atomic E-state index is 12.5. The van der Waals surface area contributed by atoms with Gasteiger partial charge in [-0.25, -0.2) is 4.98 Å². The highest BCUT2D eigenvalue weighted by atomic mass is 32.2. The van der Waals surface area contributed by atoms with Crippen molar-refractivity contribution in [1.29, 1.82) is 5.26 Å². The van der Waals surface area contributed by atoms with E-state index in [0.717, 1.165) is 12.1 Å². The summed E-state index contributed by atoms with van der Waals surface area (Å²) in [6.07, 6.45) is -3.85. The predicted molar refractivity (Wildman–Crippen MR) is 94.7 cm³/mol. The third kappa shape index (κ3) is 5.03. The van der Waals surface area contributed by atoms with Crippen LogP contribution in [0.2, 0.25) is 0 Å². The number of benzene rings is 2. The molecule has 0 fully saturated rings. The summed E-state index contributed by atoms with van der Waals surface area (Å²) in [7, 11) is -4.15. The Kier molecular flexibility index (Phi) is 5.43. The number of ether oxygens (including phenoxy) is 1. The van der Waals surface area contributed by atoms with Gasteiger partial charge in [-0.15, -0.1) is 0 Å². The van der Waals surface area contributed by atoms with E-state index in [0.29, 0.717) is 6.20 Å². The van der Waals surface area contributed by atoms with E-state index in [2.05, 4.69) is 4.98 Å². The van der Waals surface area contributed by atoms with E-state index in [-0.39, 0.29) is 27.8 Å². The molecule has 0 radical (unpaired) electrons. The van der Waals surface area contributed by atoms with E-state index < -0.39 is 21.9 Å². The van der Waals surface area contributed by atoms with Crippen LogP contribution >= 0.6 is 0 Å². The Morgan fingerprint density at radius 1 is 0.966 bits per heavy atom. The Morgan fingerprint density at radius 2 is 1.66 bits per heavy atom. The monoisotopic (exact) mass is 420 g/mol. The third-order valence-corrected chi connectivity index (χ3v) is 4.81. The van der Waals surface area contributed by atoms with Gasteiger partial charge in [0.05, 0.1) is 17.2 Å². The van der Waals surface area contributed by atoms with E-state index in [1.54, 1.807) is 0 Å². The Balaban J connectivity index is 1.71. The van der Waals surface area contributed by atoms with Crippen molar-refractivity contribution in [1.82, 2.24) is 4.98 Å². The third-order valence-electron chi connectivity index (χ3n) is 3.57. The van der Waals surface area contributed by atoms with Crippen molar-refractivity contribution >= 4 is 10.1 Å². The number of aromatic nitrogens is 1. The minimum absolute atomic E-state index is 0.0138. The molecule has 0 N–H and O–H groups in total. The lowest BCUT2D eigenvalue weighted by Gasteiger charge is -2.09. The molecule has 0 unspecified atom stereocenters. The molecule has 6 nitrogen and oxygen atoms in total. The van der Waals surface area contributed by atoms with Crippen molar-refractivity contribution in [3.63, 3.8) is 0 Å². The van der Waals surface area contributed by atoms with Crippen LogP contribution in [0.4, 0.5) is 13.2 Å². The molecule has 3 rings (SSSR count). The second kappa shape index (κ2) is 7.81. The Labute approximate surface area is 163 Å². The molecule has 2 aromatic carbocycles. The number of halogens is 3. The molecule has 148 valence electrons. The minimum atomic E-state index is -4.50. The van der Waals surface area contributed by atoms with E-state index in [1.807, 2.05) is 6.07 Å². The van der Waals surface area contributed by atoms with Gasteiger partial charge in [0.1, 0.15) is 16.4 Å². The summed E-state index contributed by atoms with van der Waals surface area (Å²) in [5, 5.41) is 8.86. The zero-order chi connectivity index (χ0) is 21.1. The summed E-state index contributed by atoms with van der Waals surface area (Å²) < 4.78 is 72.5. The summed E-state index contributed by atoms with van der Waals surface area (Å²) in [5.41, 5.74) is -0.735. The van der Waals surface area contributed by atoms with Crippen LogP contribution in [0, 0.1) is 11.3 Å². The van der Waals surface area contributed by atoms with Gasteiger partial charge in [-0.3, -0.25) is 0 Å². The molecular formula is C19H11F3N2O4S. The summed E-state index contributed by atoms with van der Waals surface area (Å²) in [6, 6.07) is 14.5. The number of hydrogen-bond donors (Lipinski definition) is 0. The zero-order valence-corrected chi connectivity index (χ0v) is 15.2. The van der Waals surface area contributed by atoms with Crippen LogP contribution in [0.25, 0.3) is 0 Å². The topological polar surface area (TPSA) is 89.3 Å². The van der Waals surface area contributed by atoms with Crippen LogP contribution in [-0.4, -0.2) is 13.4 Å². The lowest BCUT2D eigenvalue weighted by Crippen LogP contribution is -2.09. The molecule has 0 saturated carbocycles. The smallest absolute Gasteiger partial charge is 0.417 e. The number of nitriles is 1. The first kappa shape index (κ1) is 20.2. The van der Waals surface area contributed by atoms with Crippen molar-refractivity contribution in [3.8, 4) is 23.4 Å². The van der Waals surface area contributed by atoms with Crippen molar-refractivity contribution < 1.29 is 30.5 Å². The average Bonchev–Trinajstić information content (AvgIpc) is 2.69. The molecule has 10 heteroatoms.